The molecule has 0 aliphatic carbocycles. The monoisotopic (exact) mass is 379 g/mol. The van der Waals surface area contributed by atoms with Gasteiger partial charge in [-0.25, -0.2) is 0 Å². The summed E-state index contributed by atoms with van der Waals surface area (Å²) in [6.07, 6.45) is 0. The summed E-state index contributed by atoms with van der Waals surface area (Å²) in [7, 11) is 0. The van der Waals surface area contributed by atoms with E-state index in [2.05, 4.69) is 31.4 Å². The molecule has 6 nitrogen and oxygen atoms in total. The number of aromatic nitrogens is 2. The van der Waals surface area contributed by atoms with E-state index in [9.17, 15) is 9.59 Å². The quantitative estimate of drug-likeness (QED) is 0.612. The number of halogens is 1. The van der Waals surface area contributed by atoms with E-state index in [1.165, 1.54) is 11.3 Å². The van der Waals surface area contributed by atoms with Crippen LogP contribution in [0.1, 0.15) is 10.4 Å². The number of carboxylic acids is 1. The number of aliphatic carboxylic acids is 1. The van der Waals surface area contributed by atoms with Gasteiger partial charge in [0, 0.05) is 5.38 Å². The van der Waals surface area contributed by atoms with Gasteiger partial charge in [0.1, 0.15) is 0 Å². The zero-order chi connectivity index (χ0) is 13.8. The summed E-state index contributed by atoms with van der Waals surface area (Å²) in [5, 5.41) is 20.8. The van der Waals surface area contributed by atoms with Crippen LogP contribution < -0.4 is 5.32 Å². The van der Waals surface area contributed by atoms with Gasteiger partial charge < -0.3 is 5.11 Å². The number of thioether (sulfide) groups is 1. The van der Waals surface area contributed by atoms with Crippen LogP contribution in [-0.4, -0.2) is 32.9 Å². The average Bonchev–Trinajstić information content (AvgIpc) is 2.95. The number of anilines is 1. The lowest BCUT2D eigenvalue weighted by Gasteiger charge is -1.96. The lowest BCUT2D eigenvalue weighted by molar-refractivity contribution is -0.133. The summed E-state index contributed by atoms with van der Waals surface area (Å²) in [4.78, 5) is 22.2. The standard InChI is InChI=1S/C9H6BrN3O3S3/c10-5-1-4(2-17-5)7(16)11-8-12-13-9(19-8)18-3-6(14)15/h1-2H,3H2,(H,14,15)(H,11,12,16). The molecular formula is C9H6BrN3O3S3. The Morgan fingerprint density at radius 1 is 1.47 bits per heavy atom. The summed E-state index contributed by atoms with van der Waals surface area (Å²) < 4.78 is 1.37. The largest absolute Gasteiger partial charge is 0.481 e. The zero-order valence-electron chi connectivity index (χ0n) is 9.12. The Hall–Kier alpha value is -0.970. The molecular weight excluding hydrogens is 374 g/mol. The average molecular weight is 380 g/mol. The second-order valence-corrected chi connectivity index (χ2v) is 7.64. The molecule has 2 heterocycles. The third-order valence-electron chi connectivity index (χ3n) is 1.78. The number of nitrogens with one attached hydrogen (secondary N) is 1. The fraction of sp³-hybridized carbons (Fsp3) is 0.111. The Morgan fingerprint density at radius 2 is 2.26 bits per heavy atom. The van der Waals surface area contributed by atoms with Crippen molar-refractivity contribution in [2.45, 2.75) is 4.34 Å². The number of hydrogen-bond acceptors (Lipinski definition) is 7. The Morgan fingerprint density at radius 3 is 2.89 bits per heavy atom. The van der Waals surface area contributed by atoms with Crippen molar-refractivity contribution in [1.29, 1.82) is 0 Å². The van der Waals surface area contributed by atoms with Gasteiger partial charge in [0.25, 0.3) is 5.91 Å². The number of nitrogens with zero attached hydrogens (tertiary/aromatic N) is 2. The Balaban J connectivity index is 1.96. The van der Waals surface area contributed by atoms with E-state index in [4.69, 9.17) is 5.11 Å². The number of amides is 1. The minimum absolute atomic E-state index is 0.0833. The molecule has 1 amide bonds. The summed E-state index contributed by atoms with van der Waals surface area (Å²) in [6, 6.07) is 1.71. The van der Waals surface area contributed by atoms with E-state index >= 15 is 0 Å². The Labute approximate surface area is 128 Å². The molecule has 2 N–H and O–H groups in total. The minimum Gasteiger partial charge on any atom is -0.481 e. The van der Waals surface area contributed by atoms with Crippen molar-refractivity contribution in [3.63, 3.8) is 0 Å². The van der Waals surface area contributed by atoms with Crippen LogP contribution in [0.4, 0.5) is 5.13 Å². The zero-order valence-corrected chi connectivity index (χ0v) is 13.2. The van der Waals surface area contributed by atoms with Crippen LogP contribution in [-0.2, 0) is 4.79 Å². The van der Waals surface area contributed by atoms with Gasteiger partial charge >= 0.3 is 5.97 Å². The van der Waals surface area contributed by atoms with E-state index in [1.807, 2.05) is 0 Å². The van der Waals surface area contributed by atoms with E-state index < -0.39 is 5.97 Å². The van der Waals surface area contributed by atoms with Gasteiger partial charge in [-0.1, -0.05) is 23.1 Å². The fourth-order valence-electron chi connectivity index (χ4n) is 1.04. The molecule has 100 valence electrons. The van der Waals surface area contributed by atoms with Crippen molar-refractivity contribution in [2.24, 2.45) is 0 Å². The van der Waals surface area contributed by atoms with Crippen LogP contribution in [0, 0.1) is 0 Å². The first-order chi connectivity index (χ1) is 9.04. The number of thiophene rings is 1. The second kappa shape index (κ2) is 6.46. The fourth-order valence-corrected chi connectivity index (χ4v) is 3.64. The van der Waals surface area contributed by atoms with Crippen LogP contribution in [0.3, 0.4) is 0 Å². The normalized spacial score (nSPS) is 10.4. The molecule has 0 fully saturated rings. The van der Waals surface area contributed by atoms with Crippen LogP contribution in [0.2, 0.25) is 0 Å². The minimum atomic E-state index is -0.922. The van der Waals surface area contributed by atoms with Gasteiger partial charge in [-0.15, -0.1) is 21.5 Å². The van der Waals surface area contributed by atoms with Gasteiger partial charge in [0.05, 0.1) is 15.1 Å². The van der Waals surface area contributed by atoms with Gasteiger partial charge in [-0.05, 0) is 22.0 Å². The maximum Gasteiger partial charge on any atom is 0.313 e. The van der Waals surface area contributed by atoms with Crippen LogP contribution in [0.5, 0.6) is 0 Å². The maximum atomic E-state index is 11.8. The summed E-state index contributed by atoms with van der Waals surface area (Å²) in [6.45, 7) is 0. The van der Waals surface area contributed by atoms with E-state index in [1.54, 1.807) is 11.4 Å². The van der Waals surface area contributed by atoms with Crippen LogP contribution in [0.15, 0.2) is 19.6 Å². The lowest BCUT2D eigenvalue weighted by atomic mass is 10.3. The third-order valence-corrected chi connectivity index (χ3v) is 5.24. The molecule has 10 heteroatoms. The first-order valence-electron chi connectivity index (χ1n) is 4.78. The number of carbonyl (C=O) groups excluding carboxylic acids is 1. The second-order valence-electron chi connectivity index (χ2n) is 3.15. The number of hydrogen-bond donors (Lipinski definition) is 2. The van der Waals surface area contributed by atoms with Gasteiger partial charge in [-0.3, -0.25) is 14.9 Å². The van der Waals surface area contributed by atoms with Crippen molar-refractivity contribution >= 4 is 67.4 Å². The van der Waals surface area contributed by atoms with Crippen molar-refractivity contribution < 1.29 is 14.7 Å². The highest BCUT2D eigenvalue weighted by atomic mass is 79.9. The molecule has 2 rings (SSSR count). The van der Waals surface area contributed by atoms with Crippen molar-refractivity contribution in [2.75, 3.05) is 11.1 Å². The van der Waals surface area contributed by atoms with Crippen molar-refractivity contribution in [3.05, 3.63) is 20.8 Å². The van der Waals surface area contributed by atoms with E-state index in [-0.39, 0.29) is 11.7 Å². The SMILES string of the molecule is O=C(O)CSc1nnc(NC(=O)c2csc(Br)c2)s1. The molecule has 19 heavy (non-hydrogen) atoms. The highest BCUT2D eigenvalue weighted by Crippen LogP contribution is 2.26. The van der Waals surface area contributed by atoms with E-state index in [0.29, 0.717) is 15.0 Å². The summed E-state index contributed by atoms with van der Waals surface area (Å²) >= 11 is 6.90. The lowest BCUT2D eigenvalue weighted by Crippen LogP contribution is -2.10. The molecule has 0 aromatic carbocycles. The number of rotatable bonds is 5. The smallest absolute Gasteiger partial charge is 0.313 e. The number of carbonyl (C=O) groups is 2. The van der Waals surface area contributed by atoms with Gasteiger partial charge in [0.2, 0.25) is 5.13 Å². The predicted octanol–water partition coefficient (Wildman–Crippen LogP) is 2.79. The summed E-state index contributed by atoms with van der Waals surface area (Å²) in [5.41, 5.74) is 0.534. The number of carboxylic acid groups (broad SMARTS) is 1. The molecule has 0 spiro atoms. The highest BCUT2D eigenvalue weighted by molar-refractivity contribution is 9.11. The van der Waals surface area contributed by atoms with Gasteiger partial charge in [0.15, 0.2) is 4.34 Å². The van der Waals surface area contributed by atoms with Crippen LogP contribution >= 0.6 is 50.4 Å². The molecule has 2 aromatic heterocycles. The molecule has 0 saturated carbocycles. The third kappa shape index (κ3) is 4.27. The first kappa shape index (κ1) is 14.4. The molecule has 0 radical (unpaired) electrons. The van der Waals surface area contributed by atoms with E-state index in [0.717, 1.165) is 26.9 Å². The van der Waals surface area contributed by atoms with Crippen molar-refractivity contribution in [3.8, 4) is 0 Å². The topological polar surface area (TPSA) is 92.2 Å². The highest BCUT2D eigenvalue weighted by Gasteiger charge is 2.12. The molecule has 0 atom stereocenters. The van der Waals surface area contributed by atoms with Crippen molar-refractivity contribution in [1.82, 2.24) is 10.2 Å². The molecule has 0 aliphatic rings. The summed E-state index contributed by atoms with van der Waals surface area (Å²) in [5.74, 6) is -1.28. The molecule has 0 aliphatic heterocycles. The molecule has 0 unspecified atom stereocenters. The Kier molecular flexibility index (Phi) is 4.91. The molecule has 0 bridgehead atoms. The molecule has 2 aromatic rings. The maximum absolute atomic E-state index is 11.8. The van der Waals surface area contributed by atoms with Gasteiger partial charge in [-0.2, -0.15) is 0 Å². The molecule has 0 saturated heterocycles. The predicted molar refractivity (Wildman–Crippen MR) is 78.2 cm³/mol. The van der Waals surface area contributed by atoms with Crippen LogP contribution in [0.25, 0.3) is 0 Å². The first-order valence-corrected chi connectivity index (χ1v) is 8.25. The Bertz CT molecular complexity index is 613.